The van der Waals surface area contributed by atoms with Crippen LogP contribution in [-0.4, -0.2) is 18.3 Å². The van der Waals surface area contributed by atoms with Gasteiger partial charge < -0.3 is 9.47 Å². The van der Waals surface area contributed by atoms with Crippen LogP contribution in [0.1, 0.15) is 19.8 Å². The first kappa shape index (κ1) is 16.1. The van der Waals surface area contributed by atoms with Crippen LogP contribution in [0.25, 0.3) is 0 Å². The number of benzene rings is 1. The van der Waals surface area contributed by atoms with Crippen LogP contribution in [0.3, 0.4) is 0 Å². The molecule has 0 fully saturated rings. The molecule has 1 aromatic rings. The fourth-order valence-corrected chi connectivity index (χ4v) is 2.08. The lowest BCUT2D eigenvalue weighted by Crippen LogP contribution is -2.17. The van der Waals surface area contributed by atoms with Gasteiger partial charge in [0.05, 0.1) is 6.61 Å². The molecular formula is C13H16BrF3O2. The molecule has 0 aliphatic rings. The fourth-order valence-electron chi connectivity index (χ4n) is 1.56. The van der Waals surface area contributed by atoms with E-state index in [9.17, 15) is 13.2 Å². The highest BCUT2D eigenvalue weighted by molar-refractivity contribution is 9.09. The van der Waals surface area contributed by atoms with Crippen LogP contribution in [0.4, 0.5) is 13.2 Å². The van der Waals surface area contributed by atoms with Gasteiger partial charge in [0.25, 0.3) is 0 Å². The molecule has 0 aromatic heterocycles. The van der Waals surface area contributed by atoms with E-state index in [0.29, 0.717) is 18.3 Å². The minimum atomic E-state index is -4.66. The van der Waals surface area contributed by atoms with E-state index in [4.69, 9.17) is 4.74 Å². The SMILES string of the molecule is CCCC(CBr)COc1ccc(OC(F)(F)F)cc1. The average Bonchev–Trinajstić information content (AvgIpc) is 2.34. The first-order valence-corrected chi connectivity index (χ1v) is 7.11. The first-order valence-electron chi connectivity index (χ1n) is 5.99. The van der Waals surface area contributed by atoms with Crippen molar-refractivity contribution in [2.45, 2.75) is 26.1 Å². The highest BCUT2D eigenvalue weighted by atomic mass is 79.9. The Bertz CT molecular complexity index is 365. The standard InChI is InChI=1S/C13H16BrF3O2/c1-2-3-10(8-14)9-18-11-4-6-12(7-5-11)19-13(15,16)17/h4-7,10H,2-3,8-9H2,1H3. The maximum Gasteiger partial charge on any atom is 0.573 e. The second-order valence-corrected chi connectivity index (χ2v) is 4.79. The fraction of sp³-hybridized carbons (Fsp3) is 0.538. The Morgan fingerprint density at radius 3 is 2.21 bits per heavy atom. The Balaban J connectivity index is 2.48. The predicted octanol–water partition coefficient (Wildman–Crippen LogP) is 4.78. The summed E-state index contributed by atoms with van der Waals surface area (Å²) in [4.78, 5) is 0. The molecule has 0 N–H and O–H groups in total. The smallest absolute Gasteiger partial charge is 0.493 e. The summed E-state index contributed by atoms with van der Waals surface area (Å²) in [6.45, 7) is 2.64. The topological polar surface area (TPSA) is 18.5 Å². The minimum absolute atomic E-state index is 0.245. The van der Waals surface area contributed by atoms with Gasteiger partial charge in [0, 0.05) is 11.2 Å². The molecular weight excluding hydrogens is 325 g/mol. The van der Waals surface area contributed by atoms with Crippen LogP contribution in [-0.2, 0) is 0 Å². The first-order chi connectivity index (χ1) is 8.94. The van der Waals surface area contributed by atoms with E-state index in [0.717, 1.165) is 18.2 Å². The molecule has 108 valence electrons. The Labute approximate surface area is 119 Å². The Morgan fingerprint density at radius 1 is 1.16 bits per heavy atom. The summed E-state index contributed by atoms with van der Waals surface area (Å²) in [7, 11) is 0. The lowest BCUT2D eigenvalue weighted by Gasteiger charge is -2.14. The van der Waals surface area contributed by atoms with Gasteiger partial charge in [-0.1, -0.05) is 29.3 Å². The van der Waals surface area contributed by atoms with E-state index in [1.807, 2.05) is 0 Å². The summed E-state index contributed by atoms with van der Waals surface area (Å²) in [5.74, 6) is 0.693. The molecule has 1 aromatic carbocycles. The summed E-state index contributed by atoms with van der Waals surface area (Å²) in [6, 6.07) is 5.42. The molecule has 6 heteroatoms. The van der Waals surface area contributed by atoms with Gasteiger partial charge in [-0.25, -0.2) is 0 Å². The van der Waals surface area contributed by atoms with E-state index < -0.39 is 6.36 Å². The maximum atomic E-state index is 12.0. The van der Waals surface area contributed by atoms with E-state index in [-0.39, 0.29) is 5.75 Å². The number of halogens is 4. The third-order valence-electron chi connectivity index (χ3n) is 2.46. The molecule has 1 rings (SSSR count). The lowest BCUT2D eigenvalue weighted by molar-refractivity contribution is -0.274. The van der Waals surface area contributed by atoms with Crippen molar-refractivity contribution < 1.29 is 22.6 Å². The van der Waals surface area contributed by atoms with Crippen LogP contribution >= 0.6 is 15.9 Å². The Kier molecular flexibility index (Phi) is 6.48. The molecule has 0 aliphatic carbocycles. The van der Waals surface area contributed by atoms with E-state index in [1.54, 1.807) is 0 Å². The molecule has 0 amide bonds. The van der Waals surface area contributed by atoms with Gasteiger partial charge in [-0.05, 0) is 30.7 Å². The quantitative estimate of drug-likeness (QED) is 0.665. The zero-order valence-electron chi connectivity index (χ0n) is 10.5. The van der Waals surface area contributed by atoms with Crippen LogP contribution in [0.5, 0.6) is 11.5 Å². The van der Waals surface area contributed by atoms with Crippen LogP contribution < -0.4 is 9.47 Å². The molecule has 1 unspecified atom stereocenters. The van der Waals surface area contributed by atoms with E-state index in [1.165, 1.54) is 24.3 Å². The molecule has 19 heavy (non-hydrogen) atoms. The molecule has 0 heterocycles. The largest absolute Gasteiger partial charge is 0.573 e. The second kappa shape index (κ2) is 7.62. The Morgan fingerprint density at radius 2 is 1.74 bits per heavy atom. The zero-order chi connectivity index (χ0) is 14.3. The summed E-state index contributed by atoms with van der Waals surface area (Å²) in [6.07, 6.45) is -2.55. The van der Waals surface area contributed by atoms with Gasteiger partial charge in [-0.15, -0.1) is 13.2 Å². The molecule has 0 aliphatic heterocycles. The minimum Gasteiger partial charge on any atom is -0.493 e. The van der Waals surface area contributed by atoms with Gasteiger partial charge in [0.15, 0.2) is 0 Å². The molecule has 0 saturated carbocycles. The number of ether oxygens (including phenoxy) is 2. The van der Waals surface area contributed by atoms with Crippen molar-refractivity contribution in [3.63, 3.8) is 0 Å². The van der Waals surface area contributed by atoms with Crippen LogP contribution in [0, 0.1) is 5.92 Å². The number of rotatable bonds is 7. The number of hydrogen-bond acceptors (Lipinski definition) is 2. The highest BCUT2D eigenvalue weighted by Gasteiger charge is 2.30. The van der Waals surface area contributed by atoms with Gasteiger partial charge in [-0.3, -0.25) is 0 Å². The van der Waals surface area contributed by atoms with Crippen molar-refractivity contribution >= 4 is 15.9 Å². The average molecular weight is 341 g/mol. The maximum absolute atomic E-state index is 12.0. The molecule has 0 saturated heterocycles. The normalized spacial score (nSPS) is 13.1. The molecule has 0 bridgehead atoms. The summed E-state index contributed by atoms with van der Waals surface area (Å²) >= 11 is 3.41. The van der Waals surface area contributed by atoms with Crippen molar-refractivity contribution in [2.24, 2.45) is 5.92 Å². The van der Waals surface area contributed by atoms with E-state index in [2.05, 4.69) is 27.6 Å². The second-order valence-electron chi connectivity index (χ2n) is 4.14. The number of alkyl halides is 4. The van der Waals surface area contributed by atoms with Crippen molar-refractivity contribution in [2.75, 3.05) is 11.9 Å². The van der Waals surface area contributed by atoms with Crippen molar-refractivity contribution in [1.29, 1.82) is 0 Å². The van der Waals surface area contributed by atoms with Crippen LogP contribution in [0.15, 0.2) is 24.3 Å². The van der Waals surface area contributed by atoms with E-state index >= 15 is 0 Å². The lowest BCUT2D eigenvalue weighted by atomic mass is 10.1. The monoisotopic (exact) mass is 340 g/mol. The summed E-state index contributed by atoms with van der Waals surface area (Å²) in [5.41, 5.74) is 0. The zero-order valence-corrected chi connectivity index (χ0v) is 12.1. The van der Waals surface area contributed by atoms with Crippen molar-refractivity contribution in [3.05, 3.63) is 24.3 Å². The van der Waals surface area contributed by atoms with Gasteiger partial charge >= 0.3 is 6.36 Å². The predicted molar refractivity (Wildman–Crippen MR) is 70.8 cm³/mol. The molecule has 0 spiro atoms. The number of hydrogen-bond donors (Lipinski definition) is 0. The molecule has 1 atom stereocenters. The summed E-state index contributed by atoms with van der Waals surface area (Å²) in [5, 5.41) is 0.843. The third-order valence-corrected chi connectivity index (χ3v) is 3.37. The molecule has 0 radical (unpaired) electrons. The highest BCUT2D eigenvalue weighted by Crippen LogP contribution is 2.25. The van der Waals surface area contributed by atoms with Crippen molar-refractivity contribution in [3.8, 4) is 11.5 Å². The van der Waals surface area contributed by atoms with Gasteiger partial charge in [0.1, 0.15) is 11.5 Å². The third kappa shape index (κ3) is 6.71. The molecule has 2 nitrogen and oxygen atoms in total. The van der Waals surface area contributed by atoms with Gasteiger partial charge in [-0.2, -0.15) is 0 Å². The summed E-state index contributed by atoms with van der Waals surface area (Å²) < 4.78 is 45.2. The van der Waals surface area contributed by atoms with Gasteiger partial charge in [0.2, 0.25) is 0 Å². The van der Waals surface area contributed by atoms with Crippen LogP contribution in [0.2, 0.25) is 0 Å². The van der Waals surface area contributed by atoms with Crippen molar-refractivity contribution in [1.82, 2.24) is 0 Å². The Hall–Kier alpha value is -0.910.